The molecule has 1 saturated heterocycles. The van der Waals surface area contributed by atoms with Gasteiger partial charge in [0.05, 0.1) is 34.9 Å². The molecule has 2 aromatic carbocycles. The summed E-state index contributed by atoms with van der Waals surface area (Å²) in [5.41, 5.74) is 3.21. The fourth-order valence-corrected chi connectivity index (χ4v) is 5.83. The van der Waals surface area contributed by atoms with Crippen LogP contribution in [0, 0.1) is 5.82 Å². The maximum Gasteiger partial charge on any atom is 0.253 e. The fraction of sp³-hybridized carbons (Fsp3) is 0.269. The van der Waals surface area contributed by atoms with Gasteiger partial charge in [0.1, 0.15) is 5.82 Å². The van der Waals surface area contributed by atoms with Gasteiger partial charge in [-0.05, 0) is 42.4 Å². The van der Waals surface area contributed by atoms with Gasteiger partial charge in [-0.15, -0.1) is 0 Å². The van der Waals surface area contributed by atoms with E-state index in [1.54, 1.807) is 45.6 Å². The van der Waals surface area contributed by atoms with Gasteiger partial charge in [-0.1, -0.05) is 24.3 Å². The topological polar surface area (TPSA) is 100 Å². The Bertz CT molecular complexity index is 1510. The molecule has 0 spiro atoms. The van der Waals surface area contributed by atoms with E-state index in [-0.39, 0.29) is 24.0 Å². The smallest absolute Gasteiger partial charge is 0.253 e. The molecule has 1 aliphatic rings. The van der Waals surface area contributed by atoms with Crippen LogP contribution in [0.2, 0.25) is 0 Å². The molecule has 9 nitrogen and oxygen atoms in total. The molecule has 1 amide bonds. The summed E-state index contributed by atoms with van der Waals surface area (Å²) in [6, 6.07) is 13.1. The van der Waals surface area contributed by atoms with Crippen molar-refractivity contribution in [3.05, 3.63) is 89.6 Å². The molecule has 4 aromatic rings. The second kappa shape index (κ2) is 10.4. The zero-order valence-electron chi connectivity index (χ0n) is 20.3. The third kappa shape index (κ3) is 5.53. The molecule has 0 radical (unpaired) electrons. The quantitative estimate of drug-likeness (QED) is 0.401. The molecule has 0 saturated carbocycles. The Hall–Kier alpha value is -3.67. The lowest BCUT2D eigenvalue weighted by Gasteiger charge is -2.31. The minimum atomic E-state index is -3.37. The van der Waals surface area contributed by atoms with Gasteiger partial charge in [0.15, 0.2) is 0 Å². The highest BCUT2D eigenvalue weighted by atomic mass is 32.2. The van der Waals surface area contributed by atoms with Crippen molar-refractivity contribution in [2.75, 3.05) is 33.2 Å². The van der Waals surface area contributed by atoms with Crippen LogP contribution in [0.4, 0.5) is 4.39 Å². The van der Waals surface area contributed by atoms with Crippen LogP contribution < -0.4 is 5.32 Å². The molecule has 3 heterocycles. The number of pyridine rings is 1. The van der Waals surface area contributed by atoms with Crippen molar-refractivity contribution >= 4 is 26.8 Å². The summed E-state index contributed by atoms with van der Waals surface area (Å²) in [5.74, 6) is -0.698. The minimum Gasteiger partial charge on any atom is -0.348 e. The van der Waals surface area contributed by atoms with E-state index in [0.29, 0.717) is 40.8 Å². The summed E-state index contributed by atoms with van der Waals surface area (Å²) in [6.45, 7) is 2.75. The van der Waals surface area contributed by atoms with Gasteiger partial charge in [-0.2, -0.15) is 9.40 Å². The summed E-state index contributed by atoms with van der Waals surface area (Å²) in [5, 5.41) is 7.87. The molecular formula is C26H27FN6O3S. The van der Waals surface area contributed by atoms with Crippen LogP contribution in [0.3, 0.4) is 0 Å². The Balaban J connectivity index is 1.24. The standard InChI is InChI=1S/C26H27FN6O3S/c1-31-10-12-32(13-11-31)37(35,36)18-20-4-2-19(3-5-20)14-29-26(34)24-15-28-17-25-23(24)16-30-33(25)22-8-6-21(27)7-9-22/h2-9,15-17H,10-14,18H2,1H3,(H,29,34). The van der Waals surface area contributed by atoms with Crippen LogP contribution in [0.1, 0.15) is 21.5 Å². The van der Waals surface area contributed by atoms with E-state index in [1.165, 1.54) is 18.3 Å². The number of fused-ring (bicyclic) bond motifs is 1. The summed E-state index contributed by atoms with van der Waals surface area (Å²) in [7, 11) is -1.39. The van der Waals surface area contributed by atoms with E-state index in [2.05, 4.69) is 20.3 Å². The van der Waals surface area contributed by atoms with Gasteiger partial charge >= 0.3 is 0 Å². The fourth-order valence-electron chi connectivity index (χ4n) is 4.31. The van der Waals surface area contributed by atoms with Gasteiger partial charge in [-0.25, -0.2) is 17.5 Å². The van der Waals surface area contributed by atoms with Crippen LogP contribution >= 0.6 is 0 Å². The van der Waals surface area contributed by atoms with Crippen molar-refractivity contribution in [1.82, 2.24) is 29.3 Å². The highest BCUT2D eigenvalue weighted by Crippen LogP contribution is 2.21. The first kappa shape index (κ1) is 25.0. The number of amides is 1. The number of sulfonamides is 1. The first-order valence-corrected chi connectivity index (χ1v) is 13.5. The number of benzene rings is 2. The molecule has 2 aromatic heterocycles. The Morgan fingerprint density at radius 3 is 2.32 bits per heavy atom. The van der Waals surface area contributed by atoms with Gasteiger partial charge in [-0.3, -0.25) is 9.78 Å². The number of carbonyl (C=O) groups is 1. The molecule has 37 heavy (non-hydrogen) atoms. The zero-order chi connectivity index (χ0) is 26.0. The molecule has 192 valence electrons. The average Bonchev–Trinajstić information content (AvgIpc) is 3.33. The molecule has 0 atom stereocenters. The van der Waals surface area contributed by atoms with E-state index >= 15 is 0 Å². The number of hydrogen-bond donors (Lipinski definition) is 1. The van der Waals surface area contributed by atoms with Crippen LogP contribution in [-0.2, 0) is 22.3 Å². The lowest BCUT2D eigenvalue weighted by atomic mass is 10.1. The second-order valence-corrected chi connectivity index (χ2v) is 11.1. The predicted molar refractivity (Wildman–Crippen MR) is 138 cm³/mol. The van der Waals surface area contributed by atoms with Crippen molar-refractivity contribution < 1.29 is 17.6 Å². The Morgan fingerprint density at radius 2 is 1.62 bits per heavy atom. The summed E-state index contributed by atoms with van der Waals surface area (Å²) in [4.78, 5) is 19.3. The Kier molecular flexibility index (Phi) is 7.00. The number of halogens is 1. The summed E-state index contributed by atoms with van der Waals surface area (Å²) in [6.07, 6.45) is 4.68. The third-order valence-electron chi connectivity index (χ3n) is 6.49. The number of likely N-dealkylation sites (N-methyl/N-ethyl adjacent to an activating group) is 1. The first-order valence-electron chi connectivity index (χ1n) is 11.9. The number of aromatic nitrogens is 3. The van der Waals surface area contributed by atoms with E-state index in [0.717, 1.165) is 18.7 Å². The monoisotopic (exact) mass is 522 g/mol. The largest absolute Gasteiger partial charge is 0.348 e. The highest BCUT2D eigenvalue weighted by molar-refractivity contribution is 7.88. The summed E-state index contributed by atoms with van der Waals surface area (Å²) >= 11 is 0. The van der Waals surface area contributed by atoms with Crippen molar-refractivity contribution in [2.45, 2.75) is 12.3 Å². The van der Waals surface area contributed by atoms with E-state index < -0.39 is 10.0 Å². The number of nitrogens with one attached hydrogen (secondary N) is 1. The number of nitrogens with zero attached hydrogens (tertiary/aromatic N) is 5. The molecule has 0 aliphatic carbocycles. The van der Waals surface area contributed by atoms with Gasteiger partial charge in [0.25, 0.3) is 5.91 Å². The normalized spacial score (nSPS) is 15.2. The average molecular weight is 523 g/mol. The van der Waals surface area contributed by atoms with Crippen molar-refractivity contribution in [3.8, 4) is 5.69 Å². The number of rotatable bonds is 7. The van der Waals surface area contributed by atoms with E-state index in [9.17, 15) is 17.6 Å². The van der Waals surface area contributed by atoms with Crippen LogP contribution in [0.25, 0.3) is 16.6 Å². The first-order chi connectivity index (χ1) is 17.8. The van der Waals surface area contributed by atoms with Gasteiger partial charge in [0.2, 0.25) is 10.0 Å². The lowest BCUT2D eigenvalue weighted by Crippen LogP contribution is -2.47. The second-order valence-electron chi connectivity index (χ2n) is 9.11. The van der Waals surface area contributed by atoms with Crippen molar-refractivity contribution in [3.63, 3.8) is 0 Å². The molecular weight excluding hydrogens is 495 g/mol. The number of carbonyl (C=O) groups excluding carboxylic acids is 1. The molecule has 1 aliphatic heterocycles. The Labute approximate surface area is 214 Å². The van der Waals surface area contributed by atoms with Crippen LogP contribution in [-0.4, -0.2) is 71.5 Å². The minimum absolute atomic E-state index is 0.0466. The zero-order valence-corrected chi connectivity index (χ0v) is 21.2. The van der Waals surface area contributed by atoms with Gasteiger partial charge < -0.3 is 10.2 Å². The highest BCUT2D eigenvalue weighted by Gasteiger charge is 2.25. The predicted octanol–water partition coefficient (Wildman–Crippen LogP) is 2.57. The lowest BCUT2D eigenvalue weighted by molar-refractivity contribution is 0.0952. The molecule has 0 bridgehead atoms. The molecule has 0 unspecified atom stereocenters. The SMILES string of the molecule is CN1CCN(S(=O)(=O)Cc2ccc(CNC(=O)c3cncc4c3cnn4-c3ccc(F)cc3)cc2)CC1. The molecule has 11 heteroatoms. The van der Waals surface area contributed by atoms with E-state index in [1.807, 2.05) is 19.2 Å². The molecule has 5 rings (SSSR count). The molecule has 1 fully saturated rings. The number of hydrogen-bond acceptors (Lipinski definition) is 6. The van der Waals surface area contributed by atoms with Crippen molar-refractivity contribution in [1.29, 1.82) is 0 Å². The van der Waals surface area contributed by atoms with Gasteiger partial charge in [0, 0.05) is 44.3 Å². The van der Waals surface area contributed by atoms with Crippen molar-refractivity contribution in [2.24, 2.45) is 0 Å². The number of piperazine rings is 1. The molecule has 1 N–H and O–H groups in total. The third-order valence-corrected chi connectivity index (χ3v) is 8.34. The maximum atomic E-state index is 13.3. The maximum absolute atomic E-state index is 13.3. The van der Waals surface area contributed by atoms with Crippen LogP contribution in [0.5, 0.6) is 0 Å². The van der Waals surface area contributed by atoms with E-state index in [4.69, 9.17) is 0 Å². The summed E-state index contributed by atoms with van der Waals surface area (Å²) < 4.78 is 42.0. The van der Waals surface area contributed by atoms with Crippen LogP contribution in [0.15, 0.2) is 67.1 Å². The Morgan fingerprint density at radius 1 is 0.946 bits per heavy atom.